The number of halogens is 2. The quantitative estimate of drug-likeness (QED) is 0.663. The number of nitrogens with two attached hydrogens (primary N) is 1. The molecule has 2 aromatic rings. The summed E-state index contributed by atoms with van der Waals surface area (Å²) >= 11 is 2.92. The van der Waals surface area contributed by atoms with Gasteiger partial charge in [-0.3, -0.25) is 10.1 Å². The number of hydrogen-bond acceptors (Lipinski definition) is 4. The van der Waals surface area contributed by atoms with E-state index < -0.39 is 10.7 Å². The van der Waals surface area contributed by atoms with E-state index in [0.29, 0.717) is 12.3 Å². The third kappa shape index (κ3) is 3.37. The van der Waals surface area contributed by atoms with Crippen LogP contribution in [-0.4, -0.2) is 4.92 Å². The third-order valence-electron chi connectivity index (χ3n) is 2.91. The number of nitro benzene ring substituents is 1. The average molecular weight is 355 g/mol. The van der Waals surface area contributed by atoms with Gasteiger partial charge in [0, 0.05) is 18.7 Å². The number of hydrogen-bond donors (Lipinski definition) is 1. The highest BCUT2D eigenvalue weighted by Gasteiger charge is 2.20. The van der Waals surface area contributed by atoms with Crippen LogP contribution in [0.25, 0.3) is 0 Å². The van der Waals surface area contributed by atoms with Crippen LogP contribution < -0.4 is 10.5 Å². The molecule has 0 atom stereocenters. The van der Waals surface area contributed by atoms with E-state index in [9.17, 15) is 14.5 Å². The number of aryl methyl sites for hydroxylation is 1. The zero-order chi connectivity index (χ0) is 15.6. The van der Waals surface area contributed by atoms with E-state index in [1.165, 1.54) is 0 Å². The maximum Gasteiger partial charge on any atom is 0.312 e. The average Bonchev–Trinajstić information content (AvgIpc) is 2.44. The molecule has 0 radical (unpaired) electrons. The lowest BCUT2D eigenvalue weighted by Crippen LogP contribution is -1.99. The molecular formula is C14H12BrFN2O3. The largest absolute Gasteiger partial charge is 0.450 e. The lowest BCUT2D eigenvalue weighted by Gasteiger charge is -2.11. The van der Waals surface area contributed by atoms with Crippen molar-refractivity contribution in [1.29, 1.82) is 0 Å². The normalized spacial score (nSPS) is 10.5. The summed E-state index contributed by atoms with van der Waals surface area (Å²) in [4.78, 5) is 10.4. The van der Waals surface area contributed by atoms with Crippen molar-refractivity contribution in [3.8, 4) is 11.5 Å². The van der Waals surface area contributed by atoms with Crippen LogP contribution >= 0.6 is 15.9 Å². The fourth-order valence-electron chi connectivity index (χ4n) is 1.74. The monoisotopic (exact) mass is 354 g/mol. The van der Waals surface area contributed by atoms with Gasteiger partial charge in [0.25, 0.3) is 0 Å². The molecule has 21 heavy (non-hydrogen) atoms. The Kier molecular flexibility index (Phi) is 4.54. The van der Waals surface area contributed by atoms with Crippen molar-refractivity contribution in [3.63, 3.8) is 0 Å². The Morgan fingerprint density at radius 2 is 2.05 bits per heavy atom. The molecule has 0 saturated heterocycles. The molecule has 2 N–H and O–H groups in total. The Labute approximate surface area is 128 Å². The topological polar surface area (TPSA) is 78.4 Å². The van der Waals surface area contributed by atoms with Crippen molar-refractivity contribution in [3.05, 3.63) is 61.9 Å². The standard InChI is InChI=1S/C14H12BrFN2O3/c1-8-2-3-9(7-17)4-13(8)21-14-6-11(16)10(15)5-12(14)18(19)20/h2-6H,7,17H2,1H3. The Balaban J connectivity index is 2.48. The van der Waals surface area contributed by atoms with Crippen LogP contribution in [0.15, 0.2) is 34.8 Å². The molecule has 2 aromatic carbocycles. The second-order valence-electron chi connectivity index (χ2n) is 4.40. The van der Waals surface area contributed by atoms with Gasteiger partial charge in [-0.2, -0.15) is 0 Å². The zero-order valence-corrected chi connectivity index (χ0v) is 12.7. The van der Waals surface area contributed by atoms with Gasteiger partial charge in [0.05, 0.1) is 9.40 Å². The SMILES string of the molecule is Cc1ccc(CN)cc1Oc1cc(F)c(Br)cc1[N+](=O)[O-]. The van der Waals surface area contributed by atoms with Gasteiger partial charge in [0.15, 0.2) is 0 Å². The van der Waals surface area contributed by atoms with E-state index >= 15 is 0 Å². The minimum atomic E-state index is -0.636. The lowest BCUT2D eigenvalue weighted by molar-refractivity contribution is -0.385. The highest BCUT2D eigenvalue weighted by atomic mass is 79.9. The fraction of sp³-hybridized carbons (Fsp3) is 0.143. The van der Waals surface area contributed by atoms with Crippen LogP contribution in [0.3, 0.4) is 0 Å². The van der Waals surface area contributed by atoms with E-state index in [1.54, 1.807) is 19.1 Å². The molecule has 0 aromatic heterocycles. The van der Waals surface area contributed by atoms with Crippen molar-refractivity contribution in [2.45, 2.75) is 13.5 Å². The third-order valence-corrected chi connectivity index (χ3v) is 3.51. The Morgan fingerprint density at radius 1 is 1.33 bits per heavy atom. The smallest absolute Gasteiger partial charge is 0.312 e. The van der Waals surface area contributed by atoms with Crippen molar-refractivity contribution >= 4 is 21.6 Å². The molecule has 7 heteroatoms. The molecule has 0 aliphatic carbocycles. The molecule has 0 saturated carbocycles. The summed E-state index contributed by atoms with van der Waals surface area (Å²) in [6.45, 7) is 2.10. The Hall–Kier alpha value is -1.99. The van der Waals surface area contributed by atoms with Gasteiger partial charge in [-0.1, -0.05) is 12.1 Å². The van der Waals surface area contributed by atoms with Gasteiger partial charge in [-0.25, -0.2) is 4.39 Å². The van der Waals surface area contributed by atoms with E-state index in [-0.39, 0.29) is 15.9 Å². The first-order valence-electron chi connectivity index (χ1n) is 6.03. The number of nitro groups is 1. The lowest BCUT2D eigenvalue weighted by atomic mass is 10.1. The predicted molar refractivity (Wildman–Crippen MR) is 79.9 cm³/mol. The first-order valence-corrected chi connectivity index (χ1v) is 6.82. The molecule has 0 aliphatic heterocycles. The molecule has 0 amide bonds. The first kappa shape index (κ1) is 15.4. The Morgan fingerprint density at radius 3 is 2.67 bits per heavy atom. The number of rotatable bonds is 4. The second kappa shape index (κ2) is 6.19. The zero-order valence-electron chi connectivity index (χ0n) is 11.1. The van der Waals surface area contributed by atoms with Gasteiger partial charge in [0.1, 0.15) is 11.6 Å². The summed E-state index contributed by atoms with van der Waals surface area (Å²) in [5.41, 5.74) is 6.82. The molecule has 0 spiro atoms. The summed E-state index contributed by atoms with van der Waals surface area (Å²) in [5, 5.41) is 11.0. The van der Waals surface area contributed by atoms with Crippen molar-refractivity contribution in [2.75, 3.05) is 0 Å². The van der Waals surface area contributed by atoms with E-state index in [0.717, 1.165) is 23.3 Å². The first-order chi connectivity index (χ1) is 9.92. The molecule has 0 fully saturated rings. The van der Waals surface area contributed by atoms with Crippen molar-refractivity contribution in [2.24, 2.45) is 5.73 Å². The molecule has 110 valence electrons. The van der Waals surface area contributed by atoms with Gasteiger partial charge < -0.3 is 10.5 Å². The van der Waals surface area contributed by atoms with Crippen LogP contribution in [0.5, 0.6) is 11.5 Å². The molecule has 0 bridgehead atoms. The molecule has 2 rings (SSSR count). The highest BCUT2D eigenvalue weighted by Crippen LogP contribution is 2.36. The predicted octanol–water partition coefficient (Wildman–Crippen LogP) is 4.06. The van der Waals surface area contributed by atoms with Gasteiger partial charge >= 0.3 is 5.69 Å². The van der Waals surface area contributed by atoms with Crippen molar-refractivity contribution < 1.29 is 14.1 Å². The maximum absolute atomic E-state index is 13.6. The van der Waals surface area contributed by atoms with E-state index in [2.05, 4.69) is 15.9 Å². The van der Waals surface area contributed by atoms with Gasteiger partial charge in [-0.05, 0) is 40.0 Å². The summed E-state index contributed by atoms with van der Waals surface area (Å²) in [7, 11) is 0. The molecule has 5 nitrogen and oxygen atoms in total. The Bertz CT molecular complexity index is 707. The van der Waals surface area contributed by atoms with Crippen LogP contribution in [0.4, 0.5) is 10.1 Å². The van der Waals surface area contributed by atoms with Crippen LogP contribution in [0, 0.1) is 22.9 Å². The van der Waals surface area contributed by atoms with Crippen molar-refractivity contribution in [1.82, 2.24) is 0 Å². The van der Waals surface area contributed by atoms with E-state index in [4.69, 9.17) is 10.5 Å². The fourth-order valence-corrected chi connectivity index (χ4v) is 2.07. The minimum absolute atomic E-state index is 0.00832. The summed E-state index contributed by atoms with van der Waals surface area (Å²) < 4.78 is 19.1. The summed E-state index contributed by atoms with van der Waals surface area (Å²) in [6.07, 6.45) is 0. The van der Waals surface area contributed by atoms with Crippen LogP contribution in [0.2, 0.25) is 0 Å². The molecular weight excluding hydrogens is 343 g/mol. The van der Waals surface area contributed by atoms with Gasteiger partial charge in [0.2, 0.25) is 5.75 Å². The van der Waals surface area contributed by atoms with E-state index in [1.807, 2.05) is 6.07 Å². The highest BCUT2D eigenvalue weighted by molar-refractivity contribution is 9.10. The van der Waals surface area contributed by atoms with Crippen LogP contribution in [0.1, 0.15) is 11.1 Å². The minimum Gasteiger partial charge on any atom is -0.450 e. The second-order valence-corrected chi connectivity index (χ2v) is 5.25. The number of benzene rings is 2. The maximum atomic E-state index is 13.6. The number of nitrogens with zero attached hydrogens (tertiary/aromatic N) is 1. The summed E-state index contributed by atoms with van der Waals surface area (Å²) in [5.74, 6) is -0.385. The molecule has 0 unspecified atom stereocenters. The number of ether oxygens (including phenoxy) is 1. The molecule has 0 heterocycles. The van der Waals surface area contributed by atoms with Gasteiger partial charge in [-0.15, -0.1) is 0 Å². The summed E-state index contributed by atoms with van der Waals surface area (Å²) in [6, 6.07) is 7.36. The molecule has 0 aliphatic rings. The van der Waals surface area contributed by atoms with Crippen LogP contribution in [-0.2, 0) is 6.54 Å².